The maximum absolute atomic E-state index is 6.28. The number of ether oxygens (including phenoxy) is 3. The molecule has 0 aromatic heterocycles. The lowest BCUT2D eigenvalue weighted by Crippen LogP contribution is -2.48. The fourth-order valence-electron chi connectivity index (χ4n) is 7.04. The Bertz CT molecular complexity index is 1460. The van der Waals surface area contributed by atoms with Gasteiger partial charge in [0.1, 0.15) is 35.1 Å². The number of methoxy groups -OCH3 is 2. The van der Waals surface area contributed by atoms with Crippen LogP contribution in [0.15, 0.2) is 84.9 Å². The summed E-state index contributed by atoms with van der Waals surface area (Å²) in [5.41, 5.74) is 8.35. The Morgan fingerprint density at radius 1 is 0.535 bits per heavy atom. The van der Waals surface area contributed by atoms with Gasteiger partial charge in [-0.2, -0.15) is 0 Å². The summed E-state index contributed by atoms with van der Waals surface area (Å²) < 4.78 is 19.4. The molecule has 0 bridgehead atoms. The Balaban J connectivity index is 1.13. The molecule has 43 heavy (non-hydrogen) atoms. The summed E-state index contributed by atoms with van der Waals surface area (Å²) >= 11 is 0. The van der Waals surface area contributed by atoms with Crippen LogP contribution in [0.5, 0.6) is 23.0 Å². The summed E-state index contributed by atoms with van der Waals surface area (Å²) in [6.45, 7) is 2.28. The number of quaternary nitrogens is 2. The zero-order chi connectivity index (χ0) is 30.2. The van der Waals surface area contributed by atoms with E-state index in [0.29, 0.717) is 12.1 Å². The van der Waals surface area contributed by atoms with Gasteiger partial charge in [0.05, 0.1) is 55.5 Å². The van der Waals surface area contributed by atoms with E-state index >= 15 is 0 Å². The van der Waals surface area contributed by atoms with Crippen molar-refractivity contribution in [2.24, 2.45) is 0 Å². The van der Waals surface area contributed by atoms with Gasteiger partial charge in [0.25, 0.3) is 0 Å². The van der Waals surface area contributed by atoms with Gasteiger partial charge in [-0.3, -0.25) is 0 Å². The first-order chi connectivity index (χ1) is 20.6. The molecule has 0 aliphatic carbocycles. The average molecular weight is 579 g/mol. The van der Waals surface area contributed by atoms with Crippen molar-refractivity contribution in [3.05, 3.63) is 118 Å². The molecule has 224 valence electrons. The molecule has 0 spiro atoms. The average Bonchev–Trinajstić information content (AvgIpc) is 3.01. The van der Waals surface area contributed by atoms with Gasteiger partial charge in [-0.1, -0.05) is 36.4 Å². The monoisotopic (exact) mass is 578 g/mol. The topological polar surface area (TPSA) is 27.7 Å². The quantitative estimate of drug-likeness (QED) is 0.205. The summed E-state index contributed by atoms with van der Waals surface area (Å²) in [7, 11) is 12.9. The molecular weight excluding hydrogens is 532 g/mol. The molecule has 2 aliphatic rings. The van der Waals surface area contributed by atoms with Crippen LogP contribution in [0.1, 0.15) is 45.5 Å². The Morgan fingerprint density at radius 3 is 1.28 bits per heavy atom. The molecule has 2 atom stereocenters. The fourth-order valence-corrected chi connectivity index (χ4v) is 7.04. The molecule has 6 rings (SSSR count). The highest BCUT2D eigenvalue weighted by Crippen LogP contribution is 2.39. The van der Waals surface area contributed by atoms with Crippen molar-refractivity contribution in [3.8, 4) is 23.0 Å². The normalized spacial score (nSPS) is 20.0. The van der Waals surface area contributed by atoms with E-state index < -0.39 is 0 Å². The smallest absolute Gasteiger partial charge is 0.127 e. The third kappa shape index (κ3) is 6.15. The molecule has 4 aromatic rings. The Hall–Kier alpha value is -3.80. The minimum absolute atomic E-state index is 0.388. The van der Waals surface area contributed by atoms with Crippen LogP contribution in [0.25, 0.3) is 0 Å². The van der Waals surface area contributed by atoms with E-state index in [4.69, 9.17) is 14.2 Å². The van der Waals surface area contributed by atoms with E-state index in [9.17, 15) is 0 Å². The molecule has 0 fully saturated rings. The summed E-state index contributed by atoms with van der Waals surface area (Å²) in [6, 6.07) is 31.2. The van der Waals surface area contributed by atoms with Crippen molar-refractivity contribution in [2.75, 3.05) is 55.5 Å². The van der Waals surface area contributed by atoms with Gasteiger partial charge >= 0.3 is 0 Å². The summed E-state index contributed by atoms with van der Waals surface area (Å²) in [4.78, 5) is 0. The zero-order valence-electron chi connectivity index (χ0n) is 26.6. The molecule has 0 saturated heterocycles. The molecule has 5 nitrogen and oxygen atoms in total. The highest BCUT2D eigenvalue weighted by molar-refractivity contribution is 5.41. The number of likely N-dealkylation sites (N-methyl/N-ethyl adjacent to an activating group) is 2. The van der Waals surface area contributed by atoms with E-state index in [0.717, 1.165) is 70.7 Å². The van der Waals surface area contributed by atoms with Crippen LogP contribution in [-0.4, -0.2) is 64.5 Å². The zero-order valence-corrected chi connectivity index (χ0v) is 26.6. The maximum Gasteiger partial charge on any atom is 0.127 e. The first kappa shape index (κ1) is 29.3. The molecule has 0 saturated carbocycles. The van der Waals surface area contributed by atoms with Crippen LogP contribution in [0, 0.1) is 0 Å². The van der Waals surface area contributed by atoms with Crippen LogP contribution >= 0.6 is 0 Å². The van der Waals surface area contributed by atoms with Crippen LogP contribution < -0.4 is 14.2 Å². The van der Waals surface area contributed by atoms with Gasteiger partial charge in [0.15, 0.2) is 0 Å². The van der Waals surface area contributed by atoms with Crippen LogP contribution in [0.4, 0.5) is 0 Å². The van der Waals surface area contributed by atoms with E-state index in [1.54, 1.807) is 14.2 Å². The first-order valence-corrected chi connectivity index (χ1v) is 15.5. The van der Waals surface area contributed by atoms with Gasteiger partial charge in [0.2, 0.25) is 0 Å². The van der Waals surface area contributed by atoms with E-state index in [1.165, 1.54) is 33.4 Å². The fraction of sp³-hybridized carbons (Fsp3) is 0.368. The first-order valence-electron chi connectivity index (χ1n) is 15.5. The Kier molecular flexibility index (Phi) is 7.97. The summed E-state index contributed by atoms with van der Waals surface area (Å²) in [6.07, 6.45) is 4.17. The van der Waals surface area contributed by atoms with Crippen LogP contribution in [-0.2, 0) is 25.7 Å². The minimum atomic E-state index is 0.388. The number of rotatable bonds is 8. The Morgan fingerprint density at radius 2 is 0.907 bits per heavy atom. The lowest BCUT2D eigenvalue weighted by atomic mass is 9.87. The molecule has 4 aromatic carbocycles. The van der Waals surface area contributed by atoms with Crippen molar-refractivity contribution < 1.29 is 23.2 Å². The number of fused-ring (bicyclic) bond motifs is 2. The second-order valence-corrected chi connectivity index (χ2v) is 13.5. The number of hydrogen-bond acceptors (Lipinski definition) is 3. The second kappa shape index (κ2) is 11.7. The second-order valence-electron chi connectivity index (χ2n) is 13.5. The largest absolute Gasteiger partial charge is 0.497 e. The SMILES string of the molecule is COc1ccc2c(c1)C(Cc1ccc(Oc3ccc(CC4c5cc(OC)ccc5CC[N+]4(C)C)cc3)cc1)[N+](C)(C)CC2. The van der Waals surface area contributed by atoms with Crippen molar-refractivity contribution >= 4 is 0 Å². The summed E-state index contributed by atoms with van der Waals surface area (Å²) in [5, 5.41) is 0. The van der Waals surface area contributed by atoms with Crippen molar-refractivity contribution in [1.29, 1.82) is 0 Å². The molecule has 0 amide bonds. The van der Waals surface area contributed by atoms with Crippen LogP contribution in [0.2, 0.25) is 0 Å². The van der Waals surface area contributed by atoms with Gasteiger partial charge in [-0.15, -0.1) is 0 Å². The Labute approximate surface area is 257 Å². The predicted octanol–water partition coefficient (Wildman–Crippen LogP) is 7.33. The number of hydrogen-bond donors (Lipinski definition) is 0. The lowest BCUT2D eigenvalue weighted by molar-refractivity contribution is -0.923. The van der Waals surface area contributed by atoms with Crippen molar-refractivity contribution in [2.45, 2.75) is 37.8 Å². The molecule has 2 heterocycles. The van der Waals surface area contributed by atoms with E-state index in [-0.39, 0.29) is 0 Å². The number of nitrogens with zero attached hydrogens (tertiary/aromatic N) is 2. The third-order valence-electron chi connectivity index (χ3n) is 9.97. The molecule has 0 N–H and O–H groups in total. The maximum atomic E-state index is 6.28. The molecule has 2 aliphatic heterocycles. The van der Waals surface area contributed by atoms with Crippen molar-refractivity contribution in [3.63, 3.8) is 0 Å². The van der Waals surface area contributed by atoms with Gasteiger partial charge in [-0.05, 0) is 70.8 Å². The molecular formula is C38H46N2O3+2. The van der Waals surface area contributed by atoms with Gasteiger partial charge in [0, 0.05) is 36.8 Å². The van der Waals surface area contributed by atoms with Gasteiger partial charge < -0.3 is 23.2 Å². The standard InChI is InChI=1S/C38H46N2O3/c1-39(2)21-19-29-11-17-33(41-5)25-35(29)37(39)23-27-7-13-31(14-8-27)43-32-15-9-28(10-16-32)24-38-36-26-34(42-6)18-12-30(36)20-22-40(38,3)4/h7-18,25-26,37-38H,19-24H2,1-6H3/q+2. The van der Waals surface area contributed by atoms with E-state index in [2.05, 4.69) is 113 Å². The molecule has 0 radical (unpaired) electrons. The minimum Gasteiger partial charge on any atom is -0.497 e. The van der Waals surface area contributed by atoms with Crippen LogP contribution in [0.3, 0.4) is 0 Å². The highest BCUT2D eigenvalue weighted by Gasteiger charge is 2.37. The molecule has 5 heteroatoms. The predicted molar refractivity (Wildman–Crippen MR) is 173 cm³/mol. The van der Waals surface area contributed by atoms with Gasteiger partial charge in [-0.25, -0.2) is 0 Å². The number of benzene rings is 4. The molecule has 2 unspecified atom stereocenters. The lowest BCUT2D eigenvalue weighted by Gasteiger charge is -2.43. The van der Waals surface area contributed by atoms with E-state index in [1.807, 2.05) is 0 Å². The highest BCUT2D eigenvalue weighted by atomic mass is 16.5. The van der Waals surface area contributed by atoms with Crippen molar-refractivity contribution in [1.82, 2.24) is 0 Å². The summed E-state index contributed by atoms with van der Waals surface area (Å²) in [5.74, 6) is 3.60. The third-order valence-corrected chi connectivity index (χ3v) is 9.97.